The zero-order chi connectivity index (χ0) is 19.2. The molecule has 2 rings (SSSR count). The Bertz CT molecular complexity index is 754. The van der Waals surface area contributed by atoms with Gasteiger partial charge in [-0.15, -0.1) is 0 Å². The van der Waals surface area contributed by atoms with Crippen molar-refractivity contribution in [3.63, 3.8) is 0 Å². The van der Waals surface area contributed by atoms with E-state index in [9.17, 15) is 14.0 Å². The zero-order valence-electron chi connectivity index (χ0n) is 14.8. The van der Waals surface area contributed by atoms with Crippen LogP contribution in [0.3, 0.4) is 0 Å². The van der Waals surface area contributed by atoms with Crippen LogP contribution in [-0.4, -0.2) is 30.1 Å². The van der Waals surface area contributed by atoms with Crippen LogP contribution in [0.5, 0.6) is 5.75 Å². The van der Waals surface area contributed by atoms with E-state index in [-0.39, 0.29) is 18.3 Å². The lowest BCUT2D eigenvalue weighted by molar-refractivity contribution is -0.139. The van der Waals surface area contributed by atoms with E-state index in [2.05, 4.69) is 5.32 Å². The van der Waals surface area contributed by atoms with Crippen molar-refractivity contribution in [3.05, 3.63) is 65.5 Å². The number of hydrogen-bond donors (Lipinski definition) is 2. The summed E-state index contributed by atoms with van der Waals surface area (Å²) in [5.41, 5.74) is 0.978. The summed E-state index contributed by atoms with van der Waals surface area (Å²) in [7, 11) is 0. The molecule has 0 unspecified atom stereocenters. The molecule has 0 saturated carbocycles. The maximum atomic E-state index is 13.0. The lowest BCUT2D eigenvalue weighted by Crippen LogP contribution is -2.40. The molecule has 0 atom stereocenters. The first-order valence-electron chi connectivity index (χ1n) is 8.27. The molecule has 0 radical (unpaired) electrons. The molecule has 138 valence electrons. The quantitative estimate of drug-likeness (QED) is 0.760. The third kappa shape index (κ3) is 5.31. The fraction of sp³-hybridized carbons (Fsp3) is 0.300. The van der Waals surface area contributed by atoms with Gasteiger partial charge >= 0.3 is 5.97 Å². The van der Waals surface area contributed by atoms with E-state index in [4.69, 9.17) is 9.84 Å². The number of hydrogen-bond acceptors (Lipinski definition) is 3. The molecule has 0 spiro atoms. The molecule has 0 heterocycles. The maximum absolute atomic E-state index is 13.0. The largest absolute Gasteiger partial charge is 0.482 e. The van der Waals surface area contributed by atoms with Gasteiger partial charge < -0.3 is 15.2 Å². The topological polar surface area (TPSA) is 75.6 Å². The third-order valence-corrected chi connectivity index (χ3v) is 4.12. The van der Waals surface area contributed by atoms with E-state index in [1.54, 1.807) is 38.1 Å². The number of carbonyl (C=O) groups is 2. The van der Waals surface area contributed by atoms with Crippen molar-refractivity contribution in [2.45, 2.75) is 25.7 Å². The first-order chi connectivity index (χ1) is 12.3. The molecule has 0 aromatic heterocycles. The average molecular weight is 359 g/mol. The Labute approximate surface area is 151 Å². The van der Waals surface area contributed by atoms with Crippen LogP contribution in [0.25, 0.3) is 0 Å². The number of amides is 1. The minimum absolute atomic E-state index is 0.134. The van der Waals surface area contributed by atoms with Gasteiger partial charge in [-0.1, -0.05) is 24.3 Å². The highest BCUT2D eigenvalue weighted by molar-refractivity contribution is 5.87. The first-order valence-corrected chi connectivity index (χ1v) is 8.27. The maximum Gasteiger partial charge on any atom is 0.341 e. The SMILES string of the molecule is CC(C)(C(=O)NCCc1ccc(OCC(=O)O)cc1)c1ccc(F)cc1. The summed E-state index contributed by atoms with van der Waals surface area (Å²) in [6.45, 7) is 3.67. The van der Waals surface area contributed by atoms with Crippen LogP contribution in [0, 0.1) is 5.82 Å². The van der Waals surface area contributed by atoms with Crippen molar-refractivity contribution in [3.8, 4) is 5.75 Å². The fourth-order valence-electron chi connectivity index (χ4n) is 2.44. The van der Waals surface area contributed by atoms with E-state index < -0.39 is 11.4 Å². The summed E-state index contributed by atoms with van der Waals surface area (Å²) in [6, 6.07) is 13.0. The van der Waals surface area contributed by atoms with Crippen molar-refractivity contribution in [1.82, 2.24) is 5.32 Å². The number of rotatable bonds is 8. The van der Waals surface area contributed by atoms with Gasteiger partial charge in [0.2, 0.25) is 5.91 Å². The van der Waals surface area contributed by atoms with Crippen molar-refractivity contribution >= 4 is 11.9 Å². The van der Waals surface area contributed by atoms with Gasteiger partial charge in [0, 0.05) is 6.54 Å². The predicted molar refractivity (Wildman–Crippen MR) is 95.7 cm³/mol. The highest BCUT2D eigenvalue weighted by Crippen LogP contribution is 2.23. The molecular weight excluding hydrogens is 337 g/mol. The monoisotopic (exact) mass is 359 g/mol. The molecule has 2 aromatic rings. The predicted octanol–water partition coefficient (Wildman–Crippen LogP) is 2.93. The number of carboxylic acid groups (broad SMARTS) is 1. The van der Waals surface area contributed by atoms with Crippen LogP contribution in [0.1, 0.15) is 25.0 Å². The zero-order valence-corrected chi connectivity index (χ0v) is 14.8. The van der Waals surface area contributed by atoms with Gasteiger partial charge in [0.05, 0.1) is 5.41 Å². The number of aliphatic carboxylic acids is 1. The molecule has 0 bridgehead atoms. The highest BCUT2D eigenvalue weighted by atomic mass is 19.1. The second-order valence-electron chi connectivity index (χ2n) is 6.46. The van der Waals surface area contributed by atoms with Gasteiger partial charge in [0.1, 0.15) is 11.6 Å². The lowest BCUT2D eigenvalue weighted by atomic mass is 9.83. The molecule has 2 N–H and O–H groups in total. The average Bonchev–Trinajstić information content (AvgIpc) is 2.61. The van der Waals surface area contributed by atoms with Crippen LogP contribution in [0.15, 0.2) is 48.5 Å². The van der Waals surface area contributed by atoms with E-state index in [0.29, 0.717) is 18.7 Å². The van der Waals surface area contributed by atoms with E-state index in [1.165, 1.54) is 12.1 Å². The van der Waals surface area contributed by atoms with Gasteiger partial charge in [-0.25, -0.2) is 9.18 Å². The molecular formula is C20H22FNO4. The minimum atomic E-state index is -1.03. The summed E-state index contributed by atoms with van der Waals surface area (Å²) in [4.78, 5) is 22.9. The van der Waals surface area contributed by atoms with Crippen LogP contribution >= 0.6 is 0 Å². The van der Waals surface area contributed by atoms with Crippen molar-refractivity contribution < 1.29 is 23.8 Å². The molecule has 5 nitrogen and oxygen atoms in total. The second kappa shape index (κ2) is 8.47. The third-order valence-electron chi connectivity index (χ3n) is 4.12. The van der Waals surface area contributed by atoms with Crippen LogP contribution < -0.4 is 10.1 Å². The van der Waals surface area contributed by atoms with Gasteiger partial charge in [0.25, 0.3) is 0 Å². The van der Waals surface area contributed by atoms with Crippen LogP contribution in [0.4, 0.5) is 4.39 Å². The molecule has 0 fully saturated rings. The first kappa shape index (κ1) is 19.4. The number of halogens is 1. The number of benzene rings is 2. The Morgan fingerprint density at radius 1 is 1.08 bits per heavy atom. The van der Waals surface area contributed by atoms with Gasteiger partial charge in [-0.3, -0.25) is 4.79 Å². The summed E-state index contributed by atoms with van der Waals surface area (Å²) in [5, 5.41) is 11.5. The second-order valence-corrected chi connectivity index (χ2v) is 6.46. The summed E-state index contributed by atoms with van der Waals surface area (Å²) in [5.74, 6) is -1.01. The molecule has 0 aliphatic heterocycles. The Hall–Kier alpha value is -2.89. The summed E-state index contributed by atoms with van der Waals surface area (Å²) >= 11 is 0. The van der Waals surface area contributed by atoms with Crippen molar-refractivity contribution in [1.29, 1.82) is 0 Å². The minimum Gasteiger partial charge on any atom is -0.482 e. The smallest absolute Gasteiger partial charge is 0.341 e. The van der Waals surface area contributed by atoms with Crippen LogP contribution in [0.2, 0.25) is 0 Å². The van der Waals surface area contributed by atoms with Gasteiger partial charge in [-0.2, -0.15) is 0 Å². The molecule has 0 aliphatic carbocycles. The van der Waals surface area contributed by atoms with Gasteiger partial charge in [-0.05, 0) is 55.7 Å². The molecule has 26 heavy (non-hydrogen) atoms. The molecule has 6 heteroatoms. The number of carbonyl (C=O) groups excluding carboxylic acids is 1. The Morgan fingerprint density at radius 3 is 2.27 bits per heavy atom. The Kier molecular flexibility index (Phi) is 6.33. The Balaban J connectivity index is 1.85. The number of carboxylic acids is 1. The van der Waals surface area contributed by atoms with Crippen molar-refractivity contribution in [2.24, 2.45) is 0 Å². The fourth-order valence-corrected chi connectivity index (χ4v) is 2.44. The Morgan fingerprint density at radius 2 is 1.69 bits per heavy atom. The van der Waals surface area contributed by atoms with Gasteiger partial charge in [0.15, 0.2) is 6.61 Å². The highest BCUT2D eigenvalue weighted by Gasteiger charge is 2.29. The standard InChI is InChI=1S/C20H22FNO4/c1-20(2,15-5-7-16(21)8-6-15)19(25)22-12-11-14-3-9-17(10-4-14)26-13-18(23)24/h3-10H,11-13H2,1-2H3,(H,22,25)(H,23,24). The lowest BCUT2D eigenvalue weighted by Gasteiger charge is -2.24. The molecule has 0 aliphatic rings. The molecule has 0 saturated heterocycles. The number of nitrogens with one attached hydrogen (secondary N) is 1. The van der Waals surface area contributed by atoms with E-state index >= 15 is 0 Å². The van der Waals surface area contributed by atoms with Crippen molar-refractivity contribution in [2.75, 3.05) is 13.2 Å². The van der Waals surface area contributed by atoms with E-state index in [0.717, 1.165) is 11.1 Å². The van der Waals surface area contributed by atoms with E-state index in [1.807, 2.05) is 12.1 Å². The number of ether oxygens (including phenoxy) is 1. The van der Waals surface area contributed by atoms with Crippen LogP contribution in [-0.2, 0) is 21.4 Å². The summed E-state index contributed by atoms with van der Waals surface area (Å²) < 4.78 is 18.1. The normalized spacial score (nSPS) is 11.0. The molecule has 1 amide bonds. The summed E-state index contributed by atoms with van der Waals surface area (Å²) in [6.07, 6.45) is 0.629. The molecule has 2 aromatic carbocycles.